The molecule has 0 spiro atoms. The van der Waals surface area contributed by atoms with E-state index in [1.54, 1.807) is 0 Å². The van der Waals surface area contributed by atoms with Crippen molar-refractivity contribution >= 4 is 11.9 Å². The van der Waals surface area contributed by atoms with E-state index in [2.05, 4.69) is 5.32 Å². The smallest absolute Gasteiger partial charge is 0.324 e. The minimum Gasteiger partial charge on any atom is -0.336 e. The van der Waals surface area contributed by atoms with Gasteiger partial charge in [0.1, 0.15) is 11.6 Å². The molecule has 2 aliphatic rings. The summed E-state index contributed by atoms with van der Waals surface area (Å²) >= 11 is 0. The predicted octanol–water partition coefficient (Wildman–Crippen LogP) is 1.32. The van der Waals surface area contributed by atoms with Crippen molar-refractivity contribution in [1.82, 2.24) is 10.2 Å². The maximum atomic E-state index is 12.1. The molecular weight excluding hydrogens is 218 g/mol. The summed E-state index contributed by atoms with van der Waals surface area (Å²) in [6.07, 6.45) is 4.83. The molecule has 0 aromatic rings. The van der Waals surface area contributed by atoms with Gasteiger partial charge in [0.05, 0.1) is 0 Å². The van der Waals surface area contributed by atoms with E-state index in [9.17, 15) is 9.59 Å². The molecule has 0 radical (unpaired) electrons. The Kier molecular flexibility index (Phi) is 3.43. The lowest BCUT2D eigenvalue weighted by Gasteiger charge is -2.17. The molecule has 90 valence electrons. The third kappa shape index (κ3) is 2.31. The summed E-state index contributed by atoms with van der Waals surface area (Å²) in [7, 11) is 0. The van der Waals surface area contributed by atoms with Gasteiger partial charge in [-0.05, 0) is 31.3 Å². The van der Waals surface area contributed by atoms with Gasteiger partial charge in [-0.2, -0.15) is 5.26 Å². The van der Waals surface area contributed by atoms with Crippen LogP contribution >= 0.6 is 0 Å². The lowest BCUT2D eigenvalue weighted by molar-refractivity contribution is -0.123. The third-order valence-corrected chi connectivity index (χ3v) is 3.24. The number of amides is 3. The average molecular weight is 233 g/mol. The van der Waals surface area contributed by atoms with E-state index in [4.69, 9.17) is 5.26 Å². The van der Waals surface area contributed by atoms with Crippen LogP contribution in [0.2, 0.25) is 0 Å². The fourth-order valence-corrected chi connectivity index (χ4v) is 2.31. The van der Waals surface area contributed by atoms with E-state index in [0.717, 1.165) is 42.6 Å². The first-order chi connectivity index (χ1) is 8.24. The number of imide groups is 1. The van der Waals surface area contributed by atoms with Crippen molar-refractivity contribution in [3.63, 3.8) is 0 Å². The molecule has 1 aliphatic heterocycles. The molecule has 2 rings (SSSR count). The van der Waals surface area contributed by atoms with Crippen LogP contribution in [0.1, 0.15) is 32.1 Å². The van der Waals surface area contributed by atoms with Gasteiger partial charge in [-0.3, -0.25) is 9.69 Å². The zero-order chi connectivity index (χ0) is 12.3. The second kappa shape index (κ2) is 5.00. The van der Waals surface area contributed by atoms with Gasteiger partial charge in [0.2, 0.25) is 0 Å². The molecule has 0 unspecified atom stereocenters. The highest BCUT2D eigenvalue weighted by atomic mass is 16.2. The van der Waals surface area contributed by atoms with Crippen LogP contribution in [0, 0.1) is 11.3 Å². The van der Waals surface area contributed by atoms with Gasteiger partial charge < -0.3 is 5.32 Å². The van der Waals surface area contributed by atoms with E-state index in [0.29, 0.717) is 13.1 Å². The quantitative estimate of drug-likeness (QED) is 0.548. The molecular formula is C12H15N3O2. The molecule has 2 fully saturated rings. The maximum Gasteiger partial charge on any atom is 0.324 e. The van der Waals surface area contributed by atoms with Crippen LogP contribution in [0.15, 0.2) is 11.1 Å². The topological polar surface area (TPSA) is 73.2 Å². The van der Waals surface area contributed by atoms with Crippen LogP contribution in [-0.2, 0) is 4.79 Å². The predicted molar refractivity (Wildman–Crippen MR) is 60.8 cm³/mol. The summed E-state index contributed by atoms with van der Waals surface area (Å²) in [6.45, 7) is 0.828. The Balaban J connectivity index is 2.21. The fraction of sp³-hybridized carbons (Fsp3) is 0.583. The van der Waals surface area contributed by atoms with Crippen molar-refractivity contribution in [1.29, 1.82) is 5.26 Å². The zero-order valence-electron chi connectivity index (χ0n) is 9.66. The first-order valence-corrected chi connectivity index (χ1v) is 5.96. The van der Waals surface area contributed by atoms with Crippen molar-refractivity contribution in [2.45, 2.75) is 32.1 Å². The summed E-state index contributed by atoms with van der Waals surface area (Å²) in [6, 6.07) is 1.59. The number of nitriles is 1. The van der Waals surface area contributed by atoms with Crippen LogP contribution in [0.3, 0.4) is 0 Å². The van der Waals surface area contributed by atoms with Gasteiger partial charge in [-0.15, -0.1) is 0 Å². The normalized spacial score (nSPS) is 19.8. The number of allylic oxidation sites excluding steroid dienone is 1. The number of hydrogen-bond donors (Lipinski definition) is 1. The monoisotopic (exact) mass is 233 g/mol. The van der Waals surface area contributed by atoms with Gasteiger partial charge in [0, 0.05) is 13.1 Å². The van der Waals surface area contributed by atoms with Crippen LogP contribution in [0.4, 0.5) is 4.79 Å². The Bertz CT molecular complexity index is 412. The van der Waals surface area contributed by atoms with Crippen molar-refractivity contribution in [3.8, 4) is 6.07 Å². The molecule has 0 aromatic heterocycles. The van der Waals surface area contributed by atoms with E-state index in [1.807, 2.05) is 6.07 Å². The summed E-state index contributed by atoms with van der Waals surface area (Å²) in [5.41, 5.74) is 1.10. The van der Waals surface area contributed by atoms with Crippen LogP contribution in [0.25, 0.3) is 0 Å². The Labute approximate surface area is 100 Å². The Morgan fingerprint density at radius 1 is 1.29 bits per heavy atom. The molecule has 5 heteroatoms. The number of nitrogens with zero attached hydrogens (tertiary/aromatic N) is 2. The summed E-state index contributed by atoms with van der Waals surface area (Å²) in [4.78, 5) is 24.6. The first-order valence-electron chi connectivity index (χ1n) is 5.96. The second-order valence-corrected chi connectivity index (χ2v) is 4.34. The van der Waals surface area contributed by atoms with Crippen LogP contribution < -0.4 is 5.32 Å². The SMILES string of the molecule is N#CC(C(=O)N1CCNC1=O)=C1CCCCC1. The van der Waals surface area contributed by atoms with Crippen LogP contribution in [0.5, 0.6) is 0 Å². The van der Waals surface area contributed by atoms with Gasteiger partial charge >= 0.3 is 6.03 Å². The Morgan fingerprint density at radius 2 is 2.00 bits per heavy atom. The minimum atomic E-state index is -0.431. The molecule has 0 atom stereocenters. The highest BCUT2D eigenvalue weighted by Gasteiger charge is 2.30. The van der Waals surface area contributed by atoms with Crippen molar-refractivity contribution in [2.75, 3.05) is 13.1 Å². The molecule has 0 bridgehead atoms. The number of nitrogens with one attached hydrogen (secondary N) is 1. The molecule has 1 N–H and O–H groups in total. The van der Waals surface area contributed by atoms with E-state index in [-0.39, 0.29) is 11.6 Å². The maximum absolute atomic E-state index is 12.1. The van der Waals surface area contributed by atoms with E-state index in [1.165, 1.54) is 0 Å². The lowest BCUT2D eigenvalue weighted by atomic mass is 9.91. The molecule has 17 heavy (non-hydrogen) atoms. The number of carbonyl (C=O) groups excluding carboxylic acids is 2. The Hall–Kier alpha value is -1.83. The number of carbonyl (C=O) groups is 2. The molecule has 5 nitrogen and oxygen atoms in total. The van der Waals surface area contributed by atoms with Gasteiger partial charge in [0.25, 0.3) is 5.91 Å². The number of hydrogen-bond acceptors (Lipinski definition) is 3. The molecule has 1 saturated carbocycles. The molecule has 1 heterocycles. The number of rotatable bonds is 1. The van der Waals surface area contributed by atoms with E-state index >= 15 is 0 Å². The minimum absolute atomic E-state index is 0.182. The molecule has 1 aliphatic carbocycles. The fourth-order valence-electron chi connectivity index (χ4n) is 2.31. The second-order valence-electron chi connectivity index (χ2n) is 4.34. The van der Waals surface area contributed by atoms with Gasteiger partial charge in [-0.25, -0.2) is 4.79 Å². The van der Waals surface area contributed by atoms with Crippen molar-refractivity contribution < 1.29 is 9.59 Å². The van der Waals surface area contributed by atoms with Gasteiger partial charge in [0.15, 0.2) is 0 Å². The summed E-state index contributed by atoms with van der Waals surface area (Å²) in [5.74, 6) is -0.431. The Morgan fingerprint density at radius 3 is 2.53 bits per heavy atom. The third-order valence-electron chi connectivity index (χ3n) is 3.24. The standard InChI is InChI=1S/C12H15N3O2/c13-8-10(9-4-2-1-3-5-9)11(16)15-7-6-14-12(15)17/h1-7H2,(H,14,17). The summed E-state index contributed by atoms with van der Waals surface area (Å²) in [5, 5.41) is 11.7. The van der Waals surface area contributed by atoms with Crippen molar-refractivity contribution in [3.05, 3.63) is 11.1 Å². The largest absolute Gasteiger partial charge is 0.336 e. The first kappa shape index (κ1) is 11.6. The number of urea groups is 1. The highest BCUT2D eigenvalue weighted by molar-refractivity contribution is 6.07. The molecule has 1 saturated heterocycles. The summed E-state index contributed by atoms with van der Waals surface area (Å²) < 4.78 is 0. The average Bonchev–Trinajstić information content (AvgIpc) is 2.77. The van der Waals surface area contributed by atoms with E-state index < -0.39 is 5.91 Å². The highest BCUT2D eigenvalue weighted by Crippen LogP contribution is 2.26. The van der Waals surface area contributed by atoms with Crippen molar-refractivity contribution in [2.24, 2.45) is 0 Å². The molecule has 0 aromatic carbocycles. The lowest BCUT2D eigenvalue weighted by Crippen LogP contribution is -2.35. The zero-order valence-corrected chi connectivity index (χ0v) is 9.66. The van der Waals surface area contributed by atoms with Gasteiger partial charge in [-0.1, -0.05) is 6.42 Å². The molecule has 3 amide bonds. The van der Waals surface area contributed by atoms with Crippen LogP contribution in [-0.4, -0.2) is 29.9 Å².